The Morgan fingerprint density at radius 2 is 1.22 bits per heavy atom. The molecule has 128 valence electrons. The molecule has 23 heavy (non-hydrogen) atoms. The van der Waals surface area contributed by atoms with Crippen LogP contribution in [0.2, 0.25) is 0 Å². The topological polar surface area (TPSA) is 131 Å². The van der Waals surface area contributed by atoms with E-state index in [1.807, 2.05) is 12.4 Å². The number of carboxylic acid groups (broad SMARTS) is 2. The zero-order valence-corrected chi connectivity index (χ0v) is 13.9. The van der Waals surface area contributed by atoms with Crippen LogP contribution in [0.1, 0.15) is 12.8 Å². The molecule has 0 radical (unpaired) electrons. The van der Waals surface area contributed by atoms with Gasteiger partial charge in [0.2, 0.25) is 0 Å². The highest BCUT2D eigenvalue weighted by Gasteiger charge is 2.32. The summed E-state index contributed by atoms with van der Waals surface area (Å²) in [5.41, 5.74) is 0. The van der Waals surface area contributed by atoms with Crippen molar-refractivity contribution in [3.63, 3.8) is 0 Å². The van der Waals surface area contributed by atoms with Crippen LogP contribution in [0.3, 0.4) is 0 Å². The fourth-order valence-corrected chi connectivity index (χ4v) is 2.07. The second kappa shape index (κ2) is 8.44. The molecule has 0 rings (SSSR count). The Morgan fingerprint density at radius 1 is 0.913 bits per heavy atom. The summed E-state index contributed by atoms with van der Waals surface area (Å²) in [5, 5.41) is 36.1. The van der Waals surface area contributed by atoms with Gasteiger partial charge in [0, 0.05) is 0 Å². The highest BCUT2D eigenvalue weighted by atomic mass is 16.5. The molecule has 0 saturated heterocycles. The predicted molar refractivity (Wildman–Crippen MR) is 78.3 cm³/mol. The Kier molecular flexibility index (Phi) is 7.63. The van der Waals surface area contributed by atoms with Crippen LogP contribution >= 0.6 is 0 Å². The number of nitriles is 2. The van der Waals surface area contributed by atoms with E-state index in [1.165, 1.54) is 0 Å². The van der Waals surface area contributed by atoms with Crippen molar-refractivity contribution in [1.82, 2.24) is 0 Å². The second-order valence-electron chi connectivity index (χ2n) is 6.51. The molecule has 0 aliphatic carbocycles. The first kappa shape index (κ1) is 20.8. The Balaban J connectivity index is 5.18. The lowest BCUT2D eigenvalue weighted by molar-refractivity contribution is -0.833. The van der Waals surface area contributed by atoms with E-state index in [9.17, 15) is 9.59 Å². The van der Waals surface area contributed by atoms with E-state index in [0.29, 0.717) is 0 Å². The minimum atomic E-state index is -1.10. The first-order valence-corrected chi connectivity index (χ1v) is 6.98. The summed E-state index contributed by atoms with van der Waals surface area (Å²) in [6.07, 6.45) is 1.67. The molecule has 0 aliphatic rings. The average Bonchev–Trinajstić information content (AvgIpc) is 2.36. The van der Waals surface area contributed by atoms with Crippen LogP contribution in [0.4, 0.5) is 0 Å². The number of hydrogen-bond donors (Lipinski definition) is 2. The number of likely N-dealkylation sites (N-methyl/N-ethyl adjacent to an activating group) is 2. The summed E-state index contributed by atoms with van der Waals surface area (Å²) in [6, 6.07) is 0. The molecular formula is C14H24N4O5+2. The molecule has 9 nitrogen and oxygen atoms in total. The van der Waals surface area contributed by atoms with Crippen molar-refractivity contribution >= 4 is 11.9 Å². The maximum atomic E-state index is 11.0. The highest BCUT2D eigenvalue weighted by Crippen LogP contribution is 2.14. The van der Waals surface area contributed by atoms with Gasteiger partial charge in [0.15, 0.2) is 0 Å². The van der Waals surface area contributed by atoms with Gasteiger partial charge in [-0.3, -0.25) is 9.59 Å². The number of hydrogen-bond acceptors (Lipinski definition) is 5. The number of carboxylic acids is 2. The van der Waals surface area contributed by atoms with Crippen LogP contribution in [0.5, 0.6) is 0 Å². The van der Waals surface area contributed by atoms with Crippen molar-refractivity contribution in [2.45, 2.75) is 25.0 Å². The SMILES string of the molecule is C[N+](C)(C#N)CC(CC(=O)O)OC(CC(=O)O)C[N+](C)(C)C#N. The van der Waals surface area contributed by atoms with Crippen LogP contribution in [-0.2, 0) is 14.3 Å². The Morgan fingerprint density at radius 3 is 1.43 bits per heavy atom. The van der Waals surface area contributed by atoms with Crippen molar-refractivity contribution in [3.05, 3.63) is 0 Å². The first-order chi connectivity index (χ1) is 10.4. The van der Waals surface area contributed by atoms with Gasteiger partial charge >= 0.3 is 24.3 Å². The van der Waals surface area contributed by atoms with Gasteiger partial charge < -0.3 is 14.9 Å². The van der Waals surface area contributed by atoms with Gasteiger partial charge in [0.25, 0.3) is 0 Å². The Labute approximate surface area is 135 Å². The fourth-order valence-electron chi connectivity index (χ4n) is 2.07. The molecule has 2 atom stereocenters. The normalized spacial score (nSPS) is 14.3. The highest BCUT2D eigenvalue weighted by molar-refractivity contribution is 5.68. The molecule has 0 aliphatic heterocycles. The van der Waals surface area contributed by atoms with E-state index in [4.69, 9.17) is 25.5 Å². The second-order valence-corrected chi connectivity index (χ2v) is 6.51. The van der Waals surface area contributed by atoms with E-state index in [0.717, 1.165) is 0 Å². The standard InChI is InChI=1S/C14H22N4O5/c1-17(2,9-15)7-11(5-13(19)20)23-12(6-14(21)22)8-18(3,4)10-16/h11-12H,5-8H2,1-4H3/p+2. The Hall–Kier alpha value is -2.20. The summed E-state index contributed by atoms with van der Waals surface area (Å²) >= 11 is 0. The quantitative estimate of drug-likeness (QED) is 0.419. The van der Waals surface area contributed by atoms with Crippen molar-refractivity contribution in [2.24, 2.45) is 0 Å². The molecule has 0 spiro atoms. The molecule has 0 aromatic heterocycles. The number of rotatable bonds is 10. The number of carbonyl (C=O) groups is 2. The van der Waals surface area contributed by atoms with Crippen molar-refractivity contribution < 1.29 is 33.5 Å². The first-order valence-electron chi connectivity index (χ1n) is 6.98. The molecule has 0 saturated carbocycles. The number of ether oxygens (including phenoxy) is 1. The number of quaternary nitrogens is 2. The van der Waals surface area contributed by atoms with Gasteiger partial charge in [0.1, 0.15) is 25.3 Å². The minimum Gasteiger partial charge on any atom is -0.481 e. The molecule has 0 bridgehead atoms. The molecule has 0 aromatic rings. The summed E-state index contributed by atoms with van der Waals surface area (Å²) < 4.78 is 5.39. The van der Waals surface area contributed by atoms with Crippen molar-refractivity contribution in [3.8, 4) is 12.4 Å². The molecule has 0 heterocycles. The van der Waals surface area contributed by atoms with Gasteiger partial charge in [-0.25, -0.2) is 8.97 Å². The smallest absolute Gasteiger partial charge is 0.308 e. The monoisotopic (exact) mass is 328 g/mol. The molecule has 2 N–H and O–H groups in total. The van der Waals surface area contributed by atoms with Crippen LogP contribution in [0, 0.1) is 22.9 Å². The van der Waals surface area contributed by atoms with E-state index >= 15 is 0 Å². The number of nitrogens with zero attached hydrogens (tertiary/aromatic N) is 4. The van der Waals surface area contributed by atoms with E-state index in [-0.39, 0.29) is 34.9 Å². The minimum absolute atomic E-state index is 0.0961. The van der Waals surface area contributed by atoms with Crippen LogP contribution in [-0.4, -0.2) is 84.6 Å². The average molecular weight is 328 g/mol. The molecule has 0 amide bonds. The molecule has 9 heteroatoms. The zero-order chi connectivity index (χ0) is 18.3. The summed E-state index contributed by atoms with van der Waals surface area (Å²) in [7, 11) is 6.39. The van der Waals surface area contributed by atoms with Crippen molar-refractivity contribution in [2.75, 3.05) is 41.3 Å². The van der Waals surface area contributed by atoms with E-state index < -0.39 is 24.1 Å². The lowest BCUT2D eigenvalue weighted by atomic mass is 10.2. The molecule has 0 aromatic carbocycles. The third kappa shape index (κ3) is 9.42. The van der Waals surface area contributed by atoms with E-state index in [1.54, 1.807) is 28.2 Å². The lowest BCUT2D eigenvalue weighted by Crippen LogP contribution is -2.48. The molecule has 0 fully saturated rings. The fraction of sp³-hybridized carbons (Fsp3) is 0.714. The summed E-state index contributed by atoms with van der Waals surface area (Å²) in [6.45, 7) is 0.192. The van der Waals surface area contributed by atoms with Gasteiger partial charge in [0.05, 0.1) is 41.0 Å². The van der Waals surface area contributed by atoms with Crippen LogP contribution in [0.25, 0.3) is 0 Å². The van der Waals surface area contributed by atoms with Gasteiger partial charge in [-0.2, -0.15) is 0 Å². The third-order valence-corrected chi connectivity index (χ3v) is 3.05. The maximum Gasteiger partial charge on any atom is 0.308 e. The lowest BCUT2D eigenvalue weighted by Gasteiger charge is -2.30. The predicted octanol–water partition coefficient (Wildman–Crippen LogP) is -0.195. The van der Waals surface area contributed by atoms with Gasteiger partial charge in [-0.05, 0) is 0 Å². The largest absolute Gasteiger partial charge is 0.481 e. The van der Waals surface area contributed by atoms with Gasteiger partial charge in [-0.1, -0.05) is 0 Å². The van der Waals surface area contributed by atoms with Crippen molar-refractivity contribution in [1.29, 1.82) is 10.5 Å². The van der Waals surface area contributed by atoms with Gasteiger partial charge in [-0.15, -0.1) is 10.5 Å². The van der Waals surface area contributed by atoms with Crippen LogP contribution in [0.15, 0.2) is 0 Å². The maximum absolute atomic E-state index is 11.0. The number of aliphatic carboxylic acids is 2. The van der Waals surface area contributed by atoms with E-state index in [2.05, 4.69) is 0 Å². The Bertz CT molecular complexity index is 472. The summed E-state index contributed by atoms with van der Waals surface area (Å²) in [4.78, 5) is 22.0. The van der Waals surface area contributed by atoms with Crippen LogP contribution < -0.4 is 0 Å². The molecule has 2 unspecified atom stereocenters. The third-order valence-electron chi connectivity index (χ3n) is 3.05. The molecular weight excluding hydrogens is 304 g/mol. The zero-order valence-electron chi connectivity index (χ0n) is 13.9. The summed E-state index contributed by atoms with van der Waals surface area (Å²) in [5.74, 6) is -2.20.